The van der Waals surface area contributed by atoms with E-state index in [9.17, 15) is 9.59 Å². The van der Waals surface area contributed by atoms with Crippen LogP contribution >= 0.6 is 0 Å². The number of carboxylic acid groups (broad SMARTS) is 1. The third-order valence-corrected chi connectivity index (χ3v) is 4.24. The molecule has 0 heterocycles. The minimum atomic E-state index is -0.653. The second-order valence-corrected chi connectivity index (χ2v) is 6.87. The van der Waals surface area contributed by atoms with Gasteiger partial charge in [0.05, 0.1) is 6.26 Å². The van der Waals surface area contributed by atoms with E-state index in [4.69, 9.17) is 5.11 Å². The first-order valence-electron chi connectivity index (χ1n) is 10.5. The molecular formula is C22H42O4. The van der Waals surface area contributed by atoms with Crippen LogP contribution in [0, 0.1) is 0 Å². The fourth-order valence-corrected chi connectivity index (χ4v) is 2.76. The predicted molar refractivity (Wildman–Crippen MR) is 109 cm³/mol. The van der Waals surface area contributed by atoms with Crippen LogP contribution in [-0.4, -0.2) is 17.0 Å². The molecule has 0 radical (unpaired) electrons. The lowest BCUT2D eigenvalue weighted by Crippen LogP contribution is -1.93. The highest BCUT2D eigenvalue weighted by molar-refractivity contribution is 5.66. The molecule has 0 aliphatic heterocycles. The molecule has 0 aliphatic carbocycles. The van der Waals surface area contributed by atoms with Crippen molar-refractivity contribution in [3.63, 3.8) is 0 Å². The van der Waals surface area contributed by atoms with Gasteiger partial charge in [-0.05, 0) is 6.42 Å². The molecular weight excluding hydrogens is 328 g/mol. The van der Waals surface area contributed by atoms with Gasteiger partial charge in [0.15, 0.2) is 0 Å². The maximum atomic E-state index is 10.3. The zero-order valence-electron chi connectivity index (χ0n) is 17.3. The summed E-state index contributed by atoms with van der Waals surface area (Å²) in [5, 5.41) is 8.52. The number of aliphatic carboxylic acids is 1. The van der Waals surface area contributed by atoms with E-state index in [1.807, 2.05) is 0 Å². The van der Waals surface area contributed by atoms with Crippen molar-refractivity contribution < 1.29 is 19.4 Å². The quantitative estimate of drug-likeness (QED) is 0.170. The Kier molecular flexibility index (Phi) is 24.5. The topological polar surface area (TPSA) is 63.6 Å². The van der Waals surface area contributed by atoms with Crippen molar-refractivity contribution in [2.75, 3.05) is 0 Å². The van der Waals surface area contributed by atoms with Crippen LogP contribution in [0.15, 0.2) is 12.8 Å². The van der Waals surface area contributed by atoms with Crippen LogP contribution in [0.25, 0.3) is 0 Å². The van der Waals surface area contributed by atoms with Gasteiger partial charge in [-0.3, -0.25) is 9.59 Å². The maximum absolute atomic E-state index is 10.3. The Morgan fingerprint density at radius 3 is 1.35 bits per heavy atom. The van der Waals surface area contributed by atoms with Crippen LogP contribution in [0.2, 0.25) is 0 Å². The standard InChI is InChI=1S/C18H36O2.C4H6O2/c1-2-3-4-5-6-7-8-9-10-11-12-13-14-15-16-17-18(19)20;1-3-6-4(2)5/h2-17H2,1H3,(H,19,20);3H,1H2,2H3. The van der Waals surface area contributed by atoms with Crippen LogP contribution in [0.4, 0.5) is 0 Å². The average molecular weight is 371 g/mol. The summed E-state index contributed by atoms with van der Waals surface area (Å²) in [5.41, 5.74) is 0. The van der Waals surface area contributed by atoms with Crippen molar-refractivity contribution in [2.24, 2.45) is 0 Å². The van der Waals surface area contributed by atoms with Crippen LogP contribution in [0.5, 0.6) is 0 Å². The highest BCUT2D eigenvalue weighted by Crippen LogP contribution is 2.13. The van der Waals surface area contributed by atoms with Gasteiger partial charge in [-0.25, -0.2) is 0 Å². The van der Waals surface area contributed by atoms with E-state index in [1.54, 1.807) is 0 Å². The summed E-state index contributed by atoms with van der Waals surface area (Å²) in [7, 11) is 0. The molecule has 4 nitrogen and oxygen atoms in total. The second-order valence-electron chi connectivity index (χ2n) is 6.87. The number of carbonyl (C=O) groups excluding carboxylic acids is 1. The molecule has 0 unspecified atom stereocenters. The Morgan fingerprint density at radius 2 is 1.12 bits per heavy atom. The zero-order chi connectivity index (χ0) is 19.9. The van der Waals surface area contributed by atoms with Crippen molar-refractivity contribution in [3.05, 3.63) is 12.8 Å². The lowest BCUT2D eigenvalue weighted by molar-refractivity contribution is -0.137. The van der Waals surface area contributed by atoms with E-state index in [-0.39, 0.29) is 5.97 Å². The third kappa shape index (κ3) is 30.5. The summed E-state index contributed by atoms with van der Waals surface area (Å²) in [4.78, 5) is 20.1. The number of esters is 1. The molecule has 0 saturated carbocycles. The van der Waals surface area contributed by atoms with Crippen LogP contribution in [0.3, 0.4) is 0 Å². The molecule has 0 spiro atoms. The molecule has 0 saturated heterocycles. The van der Waals surface area contributed by atoms with Gasteiger partial charge in [-0.2, -0.15) is 0 Å². The number of hydrogen-bond acceptors (Lipinski definition) is 3. The second kappa shape index (κ2) is 23.7. The summed E-state index contributed by atoms with van der Waals surface area (Å²) in [6.45, 7) is 6.75. The Bertz CT molecular complexity index is 326. The van der Waals surface area contributed by atoms with E-state index in [1.165, 1.54) is 90.4 Å². The molecule has 0 amide bonds. The van der Waals surface area contributed by atoms with Crippen LogP contribution in [-0.2, 0) is 14.3 Å². The largest absolute Gasteiger partial charge is 0.481 e. The summed E-state index contributed by atoms with van der Waals surface area (Å²) < 4.78 is 4.17. The van der Waals surface area contributed by atoms with Gasteiger partial charge in [-0.15, -0.1) is 0 Å². The lowest BCUT2D eigenvalue weighted by atomic mass is 10.0. The van der Waals surface area contributed by atoms with Gasteiger partial charge in [0.2, 0.25) is 0 Å². The Morgan fingerprint density at radius 1 is 0.769 bits per heavy atom. The van der Waals surface area contributed by atoms with Gasteiger partial charge >= 0.3 is 11.9 Å². The van der Waals surface area contributed by atoms with Crippen LogP contribution in [0.1, 0.15) is 117 Å². The molecule has 1 N–H and O–H groups in total. The molecule has 0 bridgehead atoms. The number of unbranched alkanes of at least 4 members (excludes halogenated alkanes) is 14. The smallest absolute Gasteiger partial charge is 0.307 e. The predicted octanol–water partition coefficient (Wildman–Crippen LogP) is 7.03. The van der Waals surface area contributed by atoms with Crippen LogP contribution < -0.4 is 0 Å². The van der Waals surface area contributed by atoms with Gasteiger partial charge in [0.1, 0.15) is 0 Å². The van der Waals surface area contributed by atoms with E-state index >= 15 is 0 Å². The van der Waals surface area contributed by atoms with Crippen molar-refractivity contribution in [2.45, 2.75) is 117 Å². The number of carbonyl (C=O) groups is 2. The summed E-state index contributed by atoms with van der Waals surface area (Å²) in [6, 6.07) is 0. The van der Waals surface area contributed by atoms with Crippen molar-refractivity contribution >= 4 is 11.9 Å². The molecule has 0 fully saturated rings. The van der Waals surface area contributed by atoms with Gasteiger partial charge < -0.3 is 9.84 Å². The highest BCUT2D eigenvalue weighted by Gasteiger charge is 1.97. The molecule has 4 heteroatoms. The fourth-order valence-electron chi connectivity index (χ4n) is 2.76. The summed E-state index contributed by atoms with van der Waals surface area (Å²) >= 11 is 0. The molecule has 26 heavy (non-hydrogen) atoms. The Balaban J connectivity index is 0. The maximum Gasteiger partial charge on any atom is 0.307 e. The Hall–Kier alpha value is -1.32. The minimum Gasteiger partial charge on any atom is -0.481 e. The number of ether oxygens (including phenoxy) is 1. The van der Waals surface area contributed by atoms with E-state index < -0.39 is 5.97 Å². The number of hydrogen-bond donors (Lipinski definition) is 1. The number of carboxylic acids is 1. The SMILES string of the molecule is C=COC(C)=O.CCCCCCCCCCCCCCCCCC(=O)O. The fraction of sp³-hybridized carbons (Fsp3) is 0.818. The minimum absolute atomic E-state index is 0.329. The first-order chi connectivity index (χ1) is 12.5. The van der Waals surface area contributed by atoms with E-state index in [0.29, 0.717) is 6.42 Å². The highest BCUT2D eigenvalue weighted by atomic mass is 16.5. The summed E-state index contributed by atoms with van der Waals surface area (Å²) in [5.74, 6) is -0.982. The molecule has 0 aromatic heterocycles. The van der Waals surface area contributed by atoms with Crippen molar-refractivity contribution in [1.82, 2.24) is 0 Å². The first-order valence-corrected chi connectivity index (χ1v) is 10.5. The first kappa shape index (κ1) is 26.9. The molecule has 0 atom stereocenters. The lowest BCUT2D eigenvalue weighted by Gasteiger charge is -2.03. The summed E-state index contributed by atoms with van der Waals surface area (Å²) in [6.07, 6.45) is 21.3. The van der Waals surface area contributed by atoms with Crippen molar-refractivity contribution in [1.29, 1.82) is 0 Å². The monoisotopic (exact) mass is 370 g/mol. The van der Waals surface area contributed by atoms with E-state index in [0.717, 1.165) is 19.1 Å². The molecule has 0 rings (SSSR count). The molecule has 154 valence electrons. The van der Waals surface area contributed by atoms with E-state index in [2.05, 4.69) is 18.2 Å². The number of rotatable bonds is 17. The zero-order valence-corrected chi connectivity index (χ0v) is 17.3. The average Bonchev–Trinajstić information content (AvgIpc) is 2.58. The van der Waals surface area contributed by atoms with Crippen molar-refractivity contribution in [3.8, 4) is 0 Å². The van der Waals surface area contributed by atoms with Gasteiger partial charge in [0.25, 0.3) is 0 Å². The normalized spacial score (nSPS) is 9.92. The van der Waals surface area contributed by atoms with Gasteiger partial charge in [-0.1, -0.05) is 103 Å². The molecule has 0 aromatic rings. The Labute approximate surface area is 161 Å². The molecule has 0 aromatic carbocycles. The molecule has 0 aliphatic rings. The van der Waals surface area contributed by atoms with Gasteiger partial charge in [0, 0.05) is 13.3 Å². The third-order valence-electron chi connectivity index (χ3n) is 4.24.